The first-order chi connectivity index (χ1) is 9.10. The van der Waals surface area contributed by atoms with Crippen molar-refractivity contribution in [3.8, 4) is 0 Å². The van der Waals surface area contributed by atoms with Crippen molar-refractivity contribution in [3.63, 3.8) is 0 Å². The van der Waals surface area contributed by atoms with Gasteiger partial charge in [0, 0.05) is 19.7 Å². The molecule has 0 radical (unpaired) electrons. The fourth-order valence-corrected chi connectivity index (χ4v) is 1.73. The van der Waals surface area contributed by atoms with E-state index in [4.69, 9.17) is 0 Å². The van der Waals surface area contributed by atoms with Gasteiger partial charge >= 0.3 is 6.03 Å². The molecule has 102 valence electrons. The van der Waals surface area contributed by atoms with Crippen molar-refractivity contribution in [2.75, 3.05) is 5.32 Å². The van der Waals surface area contributed by atoms with Crippen LogP contribution in [0.1, 0.15) is 18.4 Å². The van der Waals surface area contributed by atoms with Crippen LogP contribution >= 0.6 is 0 Å². The first kappa shape index (κ1) is 13.1. The zero-order valence-corrected chi connectivity index (χ0v) is 11.2. The molecule has 2 amide bonds. The van der Waals surface area contributed by atoms with Crippen molar-refractivity contribution in [1.82, 2.24) is 29.9 Å². The molecular formula is C11H17N7O. The van der Waals surface area contributed by atoms with Crippen LogP contribution in [0.4, 0.5) is 10.6 Å². The predicted octanol–water partition coefficient (Wildman–Crippen LogP) is 0.662. The Hall–Kier alpha value is -2.38. The topological polar surface area (TPSA) is 89.7 Å². The average molecular weight is 263 g/mol. The van der Waals surface area contributed by atoms with E-state index >= 15 is 0 Å². The van der Waals surface area contributed by atoms with Crippen LogP contribution in [0.25, 0.3) is 0 Å². The molecule has 8 nitrogen and oxygen atoms in total. The highest BCUT2D eigenvalue weighted by Gasteiger charge is 2.08. The number of nitrogens with one attached hydrogen (secondary N) is 2. The minimum Gasteiger partial charge on any atom is -0.331 e. The van der Waals surface area contributed by atoms with Crippen LogP contribution in [0.15, 0.2) is 12.4 Å². The zero-order chi connectivity index (χ0) is 13.8. The highest BCUT2D eigenvalue weighted by Crippen LogP contribution is 2.07. The third kappa shape index (κ3) is 3.09. The Morgan fingerprint density at radius 3 is 2.89 bits per heavy atom. The Balaban J connectivity index is 1.90. The Kier molecular flexibility index (Phi) is 3.79. The van der Waals surface area contributed by atoms with E-state index in [1.165, 1.54) is 0 Å². The lowest BCUT2D eigenvalue weighted by Gasteiger charge is -2.07. The number of rotatable bonds is 4. The molecule has 0 bridgehead atoms. The van der Waals surface area contributed by atoms with Crippen LogP contribution in [0.5, 0.6) is 0 Å². The van der Waals surface area contributed by atoms with Crippen LogP contribution in [0.2, 0.25) is 0 Å². The molecule has 0 atom stereocenters. The lowest BCUT2D eigenvalue weighted by Crippen LogP contribution is -2.30. The normalized spacial score (nSPS) is 10.5. The minimum atomic E-state index is -0.298. The Morgan fingerprint density at radius 1 is 1.47 bits per heavy atom. The van der Waals surface area contributed by atoms with Gasteiger partial charge in [0.1, 0.15) is 12.1 Å². The summed E-state index contributed by atoms with van der Waals surface area (Å²) in [5.41, 5.74) is 0.850. The number of carbonyl (C=O) groups is 1. The number of anilines is 1. The SMILES string of the molecule is CCn1cnnc1CNC(=O)Nc1cc(C)nn1C. The summed E-state index contributed by atoms with van der Waals surface area (Å²) in [5, 5.41) is 17.3. The van der Waals surface area contributed by atoms with E-state index in [1.807, 2.05) is 18.4 Å². The van der Waals surface area contributed by atoms with Gasteiger partial charge in [-0.2, -0.15) is 5.10 Å². The standard InChI is InChI=1S/C11H17N7O/c1-4-18-7-13-15-10(18)6-12-11(19)14-9-5-8(2)16-17(9)3/h5,7H,4,6H2,1-3H3,(H2,12,14,19). The second kappa shape index (κ2) is 5.51. The number of carbonyl (C=O) groups excluding carboxylic acids is 1. The van der Waals surface area contributed by atoms with Crippen LogP contribution in [-0.4, -0.2) is 30.6 Å². The molecule has 0 aliphatic heterocycles. The monoisotopic (exact) mass is 263 g/mol. The second-order valence-corrected chi connectivity index (χ2v) is 4.14. The summed E-state index contributed by atoms with van der Waals surface area (Å²) in [6, 6.07) is 1.50. The van der Waals surface area contributed by atoms with Gasteiger partial charge in [0.2, 0.25) is 0 Å². The van der Waals surface area contributed by atoms with Crippen molar-refractivity contribution < 1.29 is 4.79 Å². The van der Waals surface area contributed by atoms with E-state index < -0.39 is 0 Å². The Labute approximate surface area is 110 Å². The number of hydrogen-bond donors (Lipinski definition) is 2. The summed E-state index contributed by atoms with van der Waals surface area (Å²) in [5.74, 6) is 1.37. The van der Waals surface area contributed by atoms with Gasteiger partial charge in [0.05, 0.1) is 12.2 Å². The molecular weight excluding hydrogens is 246 g/mol. The smallest absolute Gasteiger partial charge is 0.320 e. The number of nitrogens with zero attached hydrogens (tertiary/aromatic N) is 5. The molecule has 0 aliphatic rings. The molecule has 19 heavy (non-hydrogen) atoms. The molecule has 8 heteroatoms. The number of aromatic nitrogens is 5. The van der Waals surface area contributed by atoms with Gasteiger partial charge in [-0.05, 0) is 13.8 Å². The number of aryl methyl sites for hydroxylation is 3. The lowest BCUT2D eigenvalue weighted by atomic mass is 10.5. The predicted molar refractivity (Wildman–Crippen MR) is 69.5 cm³/mol. The van der Waals surface area contributed by atoms with Gasteiger partial charge in [-0.15, -0.1) is 10.2 Å². The van der Waals surface area contributed by atoms with Crippen molar-refractivity contribution in [3.05, 3.63) is 23.9 Å². The second-order valence-electron chi connectivity index (χ2n) is 4.14. The third-order valence-electron chi connectivity index (χ3n) is 2.69. The fourth-order valence-electron chi connectivity index (χ4n) is 1.73. The first-order valence-electron chi connectivity index (χ1n) is 6.02. The van der Waals surface area contributed by atoms with Crippen molar-refractivity contribution in [2.45, 2.75) is 26.9 Å². The van der Waals surface area contributed by atoms with Crippen molar-refractivity contribution >= 4 is 11.8 Å². The van der Waals surface area contributed by atoms with Crippen molar-refractivity contribution in [2.24, 2.45) is 7.05 Å². The summed E-state index contributed by atoms with van der Waals surface area (Å²) < 4.78 is 3.48. The van der Waals surface area contributed by atoms with Gasteiger partial charge in [-0.3, -0.25) is 10.00 Å². The summed E-state index contributed by atoms with van der Waals surface area (Å²) >= 11 is 0. The van der Waals surface area contributed by atoms with Gasteiger partial charge < -0.3 is 9.88 Å². The molecule has 0 aromatic carbocycles. The van der Waals surface area contributed by atoms with E-state index in [0.29, 0.717) is 12.4 Å². The molecule has 2 aromatic heterocycles. The first-order valence-corrected chi connectivity index (χ1v) is 6.02. The minimum absolute atomic E-state index is 0.298. The maximum absolute atomic E-state index is 11.7. The van der Waals surface area contributed by atoms with Crippen LogP contribution in [0, 0.1) is 6.92 Å². The van der Waals surface area contributed by atoms with Crippen LogP contribution < -0.4 is 10.6 Å². The van der Waals surface area contributed by atoms with E-state index in [0.717, 1.165) is 18.1 Å². The molecule has 2 heterocycles. The summed E-state index contributed by atoms with van der Waals surface area (Å²) in [7, 11) is 1.77. The summed E-state index contributed by atoms with van der Waals surface area (Å²) in [6.45, 7) is 4.96. The van der Waals surface area contributed by atoms with Gasteiger partial charge in [0.25, 0.3) is 0 Å². The highest BCUT2D eigenvalue weighted by atomic mass is 16.2. The quantitative estimate of drug-likeness (QED) is 0.848. The van der Waals surface area contributed by atoms with Crippen LogP contribution in [-0.2, 0) is 20.1 Å². The third-order valence-corrected chi connectivity index (χ3v) is 2.69. The fraction of sp³-hybridized carbons (Fsp3) is 0.455. The summed E-state index contributed by atoms with van der Waals surface area (Å²) in [6.07, 6.45) is 1.64. The van der Waals surface area contributed by atoms with Gasteiger partial charge in [-0.25, -0.2) is 4.79 Å². The lowest BCUT2D eigenvalue weighted by molar-refractivity contribution is 0.251. The number of amides is 2. The van der Waals surface area contributed by atoms with E-state index in [2.05, 4.69) is 25.9 Å². The van der Waals surface area contributed by atoms with Crippen LogP contribution in [0.3, 0.4) is 0 Å². The zero-order valence-electron chi connectivity index (χ0n) is 11.2. The Bertz CT molecular complexity index is 571. The van der Waals surface area contributed by atoms with Gasteiger partial charge in [-0.1, -0.05) is 0 Å². The molecule has 2 rings (SSSR count). The molecule has 0 saturated heterocycles. The number of hydrogen-bond acceptors (Lipinski definition) is 4. The Morgan fingerprint density at radius 2 is 2.26 bits per heavy atom. The average Bonchev–Trinajstić information content (AvgIpc) is 2.93. The maximum Gasteiger partial charge on any atom is 0.320 e. The van der Waals surface area contributed by atoms with E-state index in [9.17, 15) is 4.79 Å². The molecule has 0 fully saturated rings. The van der Waals surface area contributed by atoms with E-state index in [1.54, 1.807) is 24.1 Å². The maximum atomic E-state index is 11.7. The summed E-state index contributed by atoms with van der Waals surface area (Å²) in [4.78, 5) is 11.7. The molecule has 0 unspecified atom stereocenters. The van der Waals surface area contributed by atoms with Crippen molar-refractivity contribution in [1.29, 1.82) is 0 Å². The molecule has 0 spiro atoms. The van der Waals surface area contributed by atoms with Gasteiger partial charge in [0.15, 0.2) is 5.82 Å². The highest BCUT2D eigenvalue weighted by molar-refractivity contribution is 5.88. The van der Waals surface area contributed by atoms with E-state index in [-0.39, 0.29) is 6.03 Å². The molecule has 0 aliphatic carbocycles. The molecule has 0 saturated carbocycles. The molecule has 2 N–H and O–H groups in total. The largest absolute Gasteiger partial charge is 0.331 e. The number of urea groups is 1. The molecule has 2 aromatic rings.